The molecule has 0 amide bonds. The Morgan fingerprint density at radius 1 is 1.45 bits per heavy atom. The third kappa shape index (κ3) is 3.59. The SMILES string of the molecule is CCCn1ncnc1CC(NC)c1ccc(Br)cc1Cl. The summed E-state index contributed by atoms with van der Waals surface area (Å²) in [6.07, 6.45) is 3.42. The standard InChI is InChI=1S/C14H18BrClN4/c1-3-6-20-14(18-9-19-20)8-13(17-2)11-5-4-10(15)7-12(11)16/h4-5,7,9,13,17H,3,6,8H2,1-2H3. The minimum atomic E-state index is 0.121. The maximum Gasteiger partial charge on any atom is 0.138 e. The van der Waals surface area contributed by atoms with E-state index in [9.17, 15) is 0 Å². The number of nitrogens with one attached hydrogen (secondary N) is 1. The Morgan fingerprint density at radius 2 is 2.25 bits per heavy atom. The van der Waals surface area contributed by atoms with Gasteiger partial charge in [-0.25, -0.2) is 4.98 Å². The molecule has 0 aliphatic carbocycles. The van der Waals surface area contributed by atoms with Crippen molar-refractivity contribution in [3.05, 3.63) is 45.4 Å². The number of aromatic nitrogens is 3. The van der Waals surface area contributed by atoms with Crippen molar-refractivity contribution in [1.82, 2.24) is 20.1 Å². The number of aryl methyl sites for hydroxylation is 1. The Balaban J connectivity index is 2.22. The quantitative estimate of drug-likeness (QED) is 0.859. The first kappa shape index (κ1) is 15.5. The van der Waals surface area contributed by atoms with E-state index >= 15 is 0 Å². The lowest BCUT2D eigenvalue weighted by Crippen LogP contribution is -2.21. The highest BCUT2D eigenvalue weighted by atomic mass is 79.9. The van der Waals surface area contributed by atoms with Crippen LogP contribution in [-0.4, -0.2) is 21.8 Å². The largest absolute Gasteiger partial charge is 0.313 e. The zero-order valence-electron chi connectivity index (χ0n) is 11.6. The van der Waals surface area contributed by atoms with Crippen molar-refractivity contribution in [1.29, 1.82) is 0 Å². The van der Waals surface area contributed by atoms with Gasteiger partial charge in [-0.15, -0.1) is 0 Å². The molecule has 0 aliphatic rings. The van der Waals surface area contributed by atoms with Crippen molar-refractivity contribution in [2.45, 2.75) is 32.4 Å². The number of benzene rings is 1. The van der Waals surface area contributed by atoms with Gasteiger partial charge in [0.15, 0.2) is 0 Å². The van der Waals surface area contributed by atoms with Gasteiger partial charge < -0.3 is 5.32 Å². The number of nitrogens with zero attached hydrogens (tertiary/aromatic N) is 3. The minimum Gasteiger partial charge on any atom is -0.313 e. The maximum absolute atomic E-state index is 6.33. The number of halogens is 2. The van der Waals surface area contributed by atoms with Crippen LogP contribution in [-0.2, 0) is 13.0 Å². The van der Waals surface area contributed by atoms with Gasteiger partial charge in [0, 0.05) is 28.5 Å². The molecule has 0 saturated carbocycles. The van der Waals surface area contributed by atoms with Crippen LogP contribution in [0.1, 0.15) is 30.8 Å². The average molecular weight is 358 g/mol. The highest BCUT2D eigenvalue weighted by Crippen LogP contribution is 2.28. The fraction of sp³-hybridized carbons (Fsp3) is 0.429. The van der Waals surface area contributed by atoms with E-state index in [0.717, 1.165) is 40.3 Å². The van der Waals surface area contributed by atoms with Crippen LogP contribution in [0.4, 0.5) is 0 Å². The summed E-state index contributed by atoms with van der Waals surface area (Å²) in [7, 11) is 1.93. The van der Waals surface area contributed by atoms with Crippen molar-refractivity contribution < 1.29 is 0 Å². The van der Waals surface area contributed by atoms with Crippen molar-refractivity contribution in [2.24, 2.45) is 0 Å². The Morgan fingerprint density at radius 3 is 2.90 bits per heavy atom. The van der Waals surface area contributed by atoms with Crippen molar-refractivity contribution in [2.75, 3.05) is 7.05 Å². The molecule has 1 N–H and O–H groups in total. The van der Waals surface area contributed by atoms with Crippen LogP contribution in [0.3, 0.4) is 0 Å². The Labute approximate surface area is 132 Å². The molecule has 1 atom stereocenters. The van der Waals surface area contributed by atoms with E-state index in [1.54, 1.807) is 6.33 Å². The predicted molar refractivity (Wildman–Crippen MR) is 85.0 cm³/mol. The van der Waals surface area contributed by atoms with E-state index in [2.05, 4.69) is 38.3 Å². The highest BCUT2D eigenvalue weighted by molar-refractivity contribution is 9.10. The zero-order chi connectivity index (χ0) is 14.5. The second-order valence-electron chi connectivity index (χ2n) is 4.61. The van der Waals surface area contributed by atoms with Crippen LogP contribution in [0.5, 0.6) is 0 Å². The van der Waals surface area contributed by atoms with Gasteiger partial charge in [0.25, 0.3) is 0 Å². The second-order valence-corrected chi connectivity index (χ2v) is 5.93. The monoisotopic (exact) mass is 356 g/mol. The normalized spacial score (nSPS) is 12.6. The van der Waals surface area contributed by atoms with E-state index < -0.39 is 0 Å². The molecule has 0 radical (unpaired) electrons. The van der Waals surface area contributed by atoms with Crippen LogP contribution >= 0.6 is 27.5 Å². The molecule has 2 aromatic rings. The summed E-state index contributed by atoms with van der Waals surface area (Å²) in [5.41, 5.74) is 1.07. The summed E-state index contributed by atoms with van der Waals surface area (Å²) in [6.45, 7) is 3.02. The van der Waals surface area contributed by atoms with E-state index in [0.29, 0.717) is 0 Å². The lowest BCUT2D eigenvalue weighted by Gasteiger charge is -2.18. The third-order valence-corrected chi connectivity index (χ3v) is 4.02. The number of likely N-dealkylation sites (N-methyl/N-ethyl adjacent to an activating group) is 1. The van der Waals surface area contributed by atoms with Crippen LogP contribution in [0.15, 0.2) is 29.0 Å². The number of rotatable bonds is 6. The molecular formula is C14H18BrClN4. The smallest absolute Gasteiger partial charge is 0.138 e. The maximum atomic E-state index is 6.33. The lowest BCUT2D eigenvalue weighted by molar-refractivity contribution is 0.517. The van der Waals surface area contributed by atoms with Gasteiger partial charge in [0.1, 0.15) is 12.2 Å². The van der Waals surface area contributed by atoms with Gasteiger partial charge in [-0.1, -0.05) is 40.5 Å². The summed E-state index contributed by atoms with van der Waals surface area (Å²) in [5.74, 6) is 0.977. The first-order chi connectivity index (χ1) is 9.65. The lowest BCUT2D eigenvalue weighted by atomic mass is 10.0. The number of hydrogen-bond acceptors (Lipinski definition) is 3. The number of hydrogen-bond donors (Lipinski definition) is 1. The summed E-state index contributed by atoms with van der Waals surface area (Å²) in [6, 6.07) is 6.07. The Kier molecular flexibility index (Phi) is 5.57. The molecule has 1 heterocycles. The molecule has 20 heavy (non-hydrogen) atoms. The van der Waals surface area contributed by atoms with E-state index in [-0.39, 0.29) is 6.04 Å². The molecule has 1 aromatic carbocycles. The zero-order valence-corrected chi connectivity index (χ0v) is 13.9. The van der Waals surface area contributed by atoms with Crippen LogP contribution in [0, 0.1) is 0 Å². The van der Waals surface area contributed by atoms with Crippen LogP contribution in [0.25, 0.3) is 0 Å². The fourth-order valence-electron chi connectivity index (χ4n) is 2.18. The minimum absolute atomic E-state index is 0.121. The molecule has 1 aromatic heterocycles. The van der Waals surface area contributed by atoms with Gasteiger partial charge in [-0.05, 0) is 31.2 Å². The van der Waals surface area contributed by atoms with Gasteiger partial charge in [0.05, 0.1) is 0 Å². The highest BCUT2D eigenvalue weighted by Gasteiger charge is 2.16. The molecular weight excluding hydrogens is 340 g/mol. The molecule has 1 unspecified atom stereocenters. The molecule has 0 bridgehead atoms. The van der Waals surface area contributed by atoms with Gasteiger partial charge in [-0.2, -0.15) is 5.10 Å². The first-order valence-corrected chi connectivity index (χ1v) is 7.81. The van der Waals surface area contributed by atoms with Gasteiger partial charge in [0.2, 0.25) is 0 Å². The van der Waals surface area contributed by atoms with E-state index in [1.165, 1.54) is 0 Å². The first-order valence-electron chi connectivity index (χ1n) is 6.64. The van der Waals surface area contributed by atoms with Crippen molar-refractivity contribution in [3.63, 3.8) is 0 Å². The molecule has 6 heteroatoms. The van der Waals surface area contributed by atoms with Gasteiger partial charge >= 0.3 is 0 Å². The van der Waals surface area contributed by atoms with E-state index in [1.807, 2.05) is 29.9 Å². The summed E-state index contributed by atoms with van der Waals surface area (Å²) >= 11 is 9.76. The molecule has 0 fully saturated rings. The summed E-state index contributed by atoms with van der Waals surface area (Å²) in [4.78, 5) is 4.35. The van der Waals surface area contributed by atoms with E-state index in [4.69, 9.17) is 11.6 Å². The average Bonchev–Trinajstić information content (AvgIpc) is 2.84. The molecule has 0 aliphatic heterocycles. The summed E-state index contributed by atoms with van der Waals surface area (Å²) < 4.78 is 2.94. The van der Waals surface area contributed by atoms with Crippen LogP contribution < -0.4 is 5.32 Å². The van der Waals surface area contributed by atoms with Crippen molar-refractivity contribution >= 4 is 27.5 Å². The molecule has 2 rings (SSSR count). The summed E-state index contributed by atoms with van der Waals surface area (Å²) in [5, 5.41) is 8.32. The predicted octanol–water partition coefficient (Wildman–Crippen LogP) is 3.61. The third-order valence-electron chi connectivity index (χ3n) is 3.20. The van der Waals surface area contributed by atoms with Gasteiger partial charge in [-0.3, -0.25) is 4.68 Å². The van der Waals surface area contributed by atoms with Crippen molar-refractivity contribution in [3.8, 4) is 0 Å². The fourth-order valence-corrected chi connectivity index (χ4v) is 2.98. The Hall–Kier alpha value is -0.910. The molecule has 4 nitrogen and oxygen atoms in total. The molecule has 0 spiro atoms. The van der Waals surface area contributed by atoms with Crippen LogP contribution in [0.2, 0.25) is 5.02 Å². The Bertz CT molecular complexity index is 570. The second kappa shape index (κ2) is 7.20. The molecule has 108 valence electrons. The topological polar surface area (TPSA) is 42.7 Å². The molecule has 0 saturated heterocycles.